The smallest absolute Gasteiger partial charge is 0.119 e. The molecule has 0 radical (unpaired) electrons. The Labute approximate surface area is 126 Å². The van der Waals surface area contributed by atoms with Gasteiger partial charge in [0.1, 0.15) is 12.4 Å². The summed E-state index contributed by atoms with van der Waals surface area (Å²) in [6.45, 7) is 4.52. The third kappa shape index (κ3) is 4.06. The average molecular weight is 285 g/mol. The van der Waals surface area contributed by atoms with Gasteiger partial charge in [0.15, 0.2) is 0 Å². The Morgan fingerprint density at radius 2 is 1.67 bits per heavy atom. The number of ether oxygens (including phenoxy) is 1. The molecule has 0 aliphatic carbocycles. The largest absolute Gasteiger partial charge is 0.489 e. The molecule has 3 heteroatoms. The van der Waals surface area contributed by atoms with Crippen LogP contribution in [-0.2, 0) is 6.61 Å². The van der Waals surface area contributed by atoms with Gasteiger partial charge >= 0.3 is 0 Å². The van der Waals surface area contributed by atoms with Gasteiger partial charge in [-0.15, -0.1) is 0 Å². The molecule has 3 N–H and O–H groups in total. The number of aliphatic hydroxyl groups excluding tert-OH is 1. The third-order valence-corrected chi connectivity index (χ3v) is 3.74. The van der Waals surface area contributed by atoms with E-state index in [1.165, 1.54) is 0 Å². The lowest BCUT2D eigenvalue weighted by atomic mass is 9.82. The van der Waals surface area contributed by atoms with Gasteiger partial charge in [0.25, 0.3) is 0 Å². The predicted molar refractivity (Wildman–Crippen MR) is 85.0 cm³/mol. The molecule has 2 aromatic rings. The van der Waals surface area contributed by atoms with Gasteiger partial charge in [0, 0.05) is 18.1 Å². The molecule has 112 valence electrons. The molecule has 0 heterocycles. The maximum Gasteiger partial charge on any atom is 0.119 e. The second-order valence-corrected chi connectivity index (χ2v) is 5.97. The van der Waals surface area contributed by atoms with Crippen molar-refractivity contribution in [1.29, 1.82) is 0 Å². The van der Waals surface area contributed by atoms with Gasteiger partial charge in [-0.2, -0.15) is 0 Å². The van der Waals surface area contributed by atoms with Gasteiger partial charge in [0.2, 0.25) is 0 Å². The lowest BCUT2D eigenvalue weighted by molar-refractivity contribution is 0.132. The van der Waals surface area contributed by atoms with E-state index in [0.717, 1.165) is 16.9 Å². The molecule has 0 bridgehead atoms. The van der Waals surface area contributed by atoms with Crippen LogP contribution < -0.4 is 10.5 Å². The Kier molecular flexibility index (Phi) is 4.99. The topological polar surface area (TPSA) is 55.5 Å². The first-order valence-corrected chi connectivity index (χ1v) is 7.16. The average Bonchev–Trinajstić information content (AvgIpc) is 2.53. The maximum atomic E-state index is 9.39. The number of benzene rings is 2. The van der Waals surface area contributed by atoms with E-state index in [1.807, 2.05) is 68.4 Å². The van der Waals surface area contributed by atoms with E-state index in [1.54, 1.807) is 0 Å². The van der Waals surface area contributed by atoms with Crippen molar-refractivity contribution in [2.75, 3.05) is 6.61 Å². The van der Waals surface area contributed by atoms with Gasteiger partial charge < -0.3 is 15.6 Å². The quantitative estimate of drug-likeness (QED) is 0.856. The van der Waals surface area contributed by atoms with Crippen LogP contribution in [0.1, 0.15) is 31.0 Å². The van der Waals surface area contributed by atoms with E-state index in [9.17, 15) is 5.11 Å². The Morgan fingerprint density at radius 3 is 2.24 bits per heavy atom. The molecular formula is C18H23NO2. The second-order valence-electron chi connectivity index (χ2n) is 5.97. The monoisotopic (exact) mass is 285 g/mol. The van der Waals surface area contributed by atoms with Crippen LogP contribution in [-0.4, -0.2) is 11.7 Å². The molecule has 0 unspecified atom stereocenters. The zero-order valence-electron chi connectivity index (χ0n) is 12.6. The van der Waals surface area contributed by atoms with Crippen LogP contribution in [0.2, 0.25) is 0 Å². The standard InChI is InChI=1S/C18H23NO2/c1-18(2,13-20)17(19)15-8-10-16(11-9-15)21-12-14-6-4-3-5-7-14/h3-11,17,20H,12-13,19H2,1-2H3/t17-/m0/s1. The molecular weight excluding hydrogens is 262 g/mol. The molecule has 0 saturated heterocycles. The summed E-state index contributed by atoms with van der Waals surface area (Å²) in [4.78, 5) is 0. The molecule has 0 aliphatic heterocycles. The van der Waals surface area contributed by atoms with Crippen molar-refractivity contribution >= 4 is 0 Å². The van der Waals surface area contributed by atoms with Crippen LogP contribution in [0.25, 0.3) is 0 Å². The molecule has 21 heavy (non-hydrogen) atoms. The van der Waals surface area contributed by atoms with E-state index >= 15 is 0 Å². The summed E-state index contributed by atoms with van der Waals surface area (Å²) >= 11 is 0. The molecule has 0 fully saturated rings. The summed E-state index contributed by atoms with van der Waals surface area (Å²) in [5.41, 5.74) is 8.00. The summed E-state index contributed by atoms with van der Waals surface area (Å²) in [6.07, 6.45) is 0. The number of hydrogen-bond acceptors (Lipinski definition) is 3. The van der Waals surface area contributed by atoms with Crippen LogP contribution in [0.4, 0.5) is 0 Å². The van der Waals surface area contributed by atoms with E-state index < -0.39 is 0 Å². The van der Waals surface area contributed by atoms with Crippen LogP contribution in [0.3, 0.4) is 0 Å². The van der Waals surface area contributed by atoms with Crippen LogP contribution in [0, 0.1) is 5.41 Å². The second kappa shape index (κ2) is 6.74. The fourth-order valence-corrected chi connectivity index (χ4v) is 2.06. The summed E-state index contributed by atoms with van der Waals surface area (Å²) in [5, 5.41) is 9.39. The number of rotatable bonds is 6. The Balaban J connectivity index is 1.99. The zero-order chi connectivity index (χ0) is 15.3. The van der Waals surface area contributed by atoms with E-state index in [0.29, 0.717) is 6.61 Å². The highest BCUT2D eigenvalue weighted by molar-refractivity contribution is 5.30. The SMILES string of the molecule is CC(C)(CO)[C@@H](N)c1ccc(OCc2ccccc2)cc1. The fraction of sp³-hybridized carbons (Fsp3) is 0.333. The lowest BCUT2D eigenvalue weighted by Crippen LogP contribution is -2.32. The molecule has 0 aliphatic rings. The lowest BCUT2D eigenvalue weighted by Gasteiger charge is -2.29. The molecule has 0 spiro atoms. The summed E-state index contributed by atoms with van der Waals surface area (Å²) in [7, 11) is 0. The highest BCUT2D eigenvalue weighted by Crippen LogP contribution is 2.31. The Morgan fingerprint density at radius 1 is 1.05 bits per heavy atom. The van der Waals surface area contributed by atoms with Crippen molar-refractivity contribution in [3.8, 4) is 5.75 Å². The molecule has 0 aromatic heterocycles. The highest BCUT2D eigenvalue weighted by Gasteiger charge is 2.26. The predicted octanol–water partition coefficient (Wildman–Crippen LogP) is 3.28. The number of hydrogen-bond donors (Lipinski definition) is 2. The zero-order valence-corrected chi connectivity index (χ0v) is 12.6. The van der Waals surface area contributed by atoms with Crippen LogP contribution in [0.15, 0.2) is 54.6 Å². The van der Waals surface area contributed by atoms with Gasteiger partial charge in [-0.1, -0.05) is 56.3 Å². The summed E-state index contributed by atoms with van der Waals surface area (Å²) in [6, 6.07) is 17.6. The summed E-state index contributed by atoms with van der Waals surface area (Å²) < 4.78 is 5.75. The van der Waals surface area contributed by atoms with Gasteiger partial charge in [-0.05, 0) is 23.3 Å². The third-order valence-electron chi connectivity index (χ3n) is 3.74. The van der Waals surface area contributed by atoms with E-state index in [-0.39, 0.29) is 18.1 Å². The molecule has 0 saturated carbocycles. The van der Waals surface area contributed by atoms with Crippen molar-refractivity contribution in [2.45, 2.75) is 26.5 Å². The van der Waals surface area contributed by atoms with E-state index in [2.05, 4.69) is 0 Å². The first kappa shape index (κ1) is 15.5. The van der Waals surface area contributed by atoms with Crippen molar-refractivity contribution < 1.29 is 9.84 Å². The molecule has 3 nitrogen and oxygen atoms in total. The van der Waals surface area contributed by atoms with Crippen molar-refractivity contribution in [2.24, 2.45) is 11.1 Å². The van der Waals surface area contributed by atoms with Gasteiger partial charge in [0.05, 0.1) is 0 Å². The molecule has 0 amide bonds. The summed E-state index contributed by atoms with van der Waals surface area (Å²) in [5.74, 6) is 0.816. The normalized spacial score (nSPS) is 13.0. The van der Waals surface area contributed by atoms with Crippen LogP contribution in [0.5, 0.6) is 5.75 Å². The molecule has 2 rings (SSSR count). The maximum absolute atomic E-state index is 9.39. The molecule has 1 atom stereocenters. The minimum absolute atomic E-state index is 0.0560. The van der Waals surface area contributed by atoms with Gasteiger partial charge in [-0.25, -0.2) is 0 Å². The Bertz CT molecular complexity index is 549. The minimum Gasteiger partial charge on any atom is -0.489 e. The van der Waals surface area contributed by atoms with Crippen molar-refractivity contribution in [3.05, 3.63) is 65.7 Å². The first-order chi connectivity index (χ1) is 10.0. The number of nitrogens with two attached hydrogens (primary N) is 1. The van der Waals surface area contributed by atoms with Crippen LogP contribution >= 0.6 is 0 Å². The van der Waals surface area contributed by atoms with E-state index in [4.69, 9.17) is 10.5 Å². The first-order valence-electron chi connectivity index (χ1n) is 7.16. The fourth-order valence-electron chi connectivity index (χ4n) is 2.06. The van der Waals surface area contributed by atoms with Crippen molar-refractivity contribution in [1.82, 2.24) is 0 Å². The molecule has 2 aromatic carbocycles. The van der Waals surface area contributed by atoms with Gasteiger partial charge in [-0.3, -0.25) is 0 Å². The minimum atomic E-state index is -0.341. The highest BCUT2D eigenvalue weighted by atomic mass is 16.5. The van der Waals surface area contributed by atoms with Crippen molar-refractivity contribution in [3.63, 3.8) is 0 Å². The Hall–Kier alpha value is -1.84. The number of aliphatic hydroxyl groups is 1.